The Bertz CT molecular complexity index is 1130. The fourth-order valence-corrected chi connectivity index (χ4v) is 4.31. The number of ether oxygens (including phenoxy) is 7. The Morgan fingerprint density at radius 2 is 1.35 bits per heavy atom. The monoisotopic (exact) mass is 768 g/mol. The summed E-state index contributed by atoms with van der Waals surface area (Å²) in [6.07, 6.45) is 11.1. The number of esters is 1. The predicted octanol–water partition coefficient (Wildman–Crippen LogP) is 3.91. The molecule has 0 aromatic heterocycles. The van der Waals surface area contributed by atoms with Crippen molar-refractivity contribution in [3.63, 3.8) is 0 Å². The Morgan fingerprint density at radius 3 is 1.83 bits per heavy atom. The van der Waals surface area contributed by atoms with Gasteiger partial charge in [0, 0.05) is 32.4 Å². The number of likely N-dealkylation sites (N-methyl/N-ethyl adjacent to an activating group) is 1. The van der Waals surface area contributed by atoms with Gasteiger partial charge in [0.05, 0.1) is 91.3 Å². The van der Waals surface area contributed by atoms with E-state index < -0.39 is 23.5 Å². The molecule has 2 N–H and O–H groups in total. The van der Waals surface area contributed by atoms with Crippen molar-refractivity contribution in [2.45, 2.75) is 91.7 Å². The number of carbonyl (C=O) groups is 4. The van der Waals surface area contributed by atoms with Crippen molar-refractivity contribution >= 4 is 30.8 Å². The molecule has 1 atom stereocenters. The average molecular weight is 769 g/mol. The molecule has 15 heteroatoms. The van der Waals surface area contributed by atoms with Gasteiger partial charge in [-0.2, -0.15) is 5.10 Å². The van der Waals surface area contributed by atoms with Crippen LogP contribution in [0.1, 0.15) is 80.1 Å². The van der Waals surface area contributed by atoms with Crippen LogP contribution in [0.15, 0.2) is 40.7 Å². The van der Waals surface area contributed by atoms with Gasteiger partial charge in [-0.3, -0.25) is 14.4 Å². The second kappa shape index (κ2) is 34.1. The fraction of sp³-hybridized carbons (Fsp3) is 0.718. The standard InChI is InChI=1S/C39H68N4O11/c1-8-11-12-13-15-33(4)34(38(47)43(40-7)35(16-14-19-44)37(46)42-10-3)32-41-18-21-49-23-25-51-27-29-53-31-30-52-28-26-50-24-22-48-20-17-36(45)54-39(5,6)9-2/h12-13,15,19,32,35,41H,7-11,14,16-18,20-31H2,1-6H3,(H,42,46)/b13-12-,33-15-,34-32-. The quantitative estimate of drug-likeness (QED) is 0.0179. The van der Waals surface area contributed by atoms with Crippen molar-refractivity contribution in [3.05, 3.63) is 35.6 Å². The number of carbonyl (C=O) groups excluding carboxylic acids is 4. The van der Waals surface area contributed by atoms with Crippen LogP contribution in [0, 0.1) is 0 Å². The zero-order chi connectivity index (χ0) is 40.3. The Balaban J connectivity index is 4.29. The summed E-state index contributed by atoms with van der Waals surface area (Å²) >= 11 is 0. The topological polar surface area (TPSA) is 173 Å². The molecule has 54 heavy (non-hydrogen) atoms. The molecule has 0 saturated carbocycles. The third kappa shape index (κ3) is 26.3. The Labute approximate surface area is 323 Å². The third-order valence-corrected chi connectivity index (χ3v) is 7.65. The minimum absolute atomic E-state index is 0.0907. The lowest BCUT2D eigenvalue weighted by Gasteiger charge is -2.27. The van der Waals surface area contributed by atoms with Crippen molar-refractivity contribution in [1.29, 1.82) is 0 Å². The van der Waals surface area contributed by atoms with Crippen molar-refractivity contribution < 1.29 is 52.3 Å². The van der Waals surface area contributed by atoms with Crippen LogP contribution in [0.4, 0.5) is 0 Å². The van der Waals surface area contributed by atoms with E-state index >= 15 is 0 Å². The predicted molar refractivity (Wildman–Crippen MR) is 208 cm³/mol. The summed E-state index contributed by atoms with van der Waals surface area (Å²) in [5.74, 6) is -1.19. The van der Waals surface area contributed by atoms with Crippen molar-refractivity contribution in [3.8, 4) is 0 Å². The summed E-state index contributed by atoms with van der Waals surface area (Å²) in [7, 11) is 0. The summed E-state index contributed by atoms with van der Waals surface area (Å²) in [6.45, 7) is 20.6. The van der Waals surface area contributed by atoms with Gasteiger partial charge < -0.3 is 48.6 Å². The number of hydrogen-bond acceptors (Lipinski definition) is 13. The van der Waals surface area contributed by atoms with Gasteiger partial charge in [-0.25, -0.2) is 5.01 Å². The van der Waals surface area contributed by atoms with Crippen LogP contribution in [-0.2, 0) is 52.3 Å². The molecule has 15 nitrogen and oxygen atoms in total. The minimum Gasteiger partial charge on any atom is -0.460 e. The van der Waals surface area contributed by atoms with Gasteiger partial charge in [0.1, 0.15) is 17.9 Å². The summed E-state index contributed by atoms with van der Waals surface area (Å²) in [6, 6.07) is -0.979. The van der Waals surface area contributed by atoms with Gasteiger partial charge in [0.15, 0.2) is 0 Å². The highest BCUT2D eigenvalue weighted by molar-refractivity contribution is 6.00. The van der Waals surface area contributed by atoms with E-state index in [9.17, 15) is 19.2 Å². The number of hydrogen-bond donors (Lipinski definition) is 2. The number of nitrogens with zero attached hydrogens (tertiary/aromatic N) is 2. The first-order chi connectivity index (χ1) is 26.1. The second-order valence-electron chi connectivity index (χ2n) is 12.5. The van der Waals surface area contributed by atoms with Crippen molar-refractivity contribution in [1.82, 2.24) is 15.6 Å². The van der Waals surface area contributed by atoms with Crippen molar-refractivity contribution in [2.75, 3.05) is 92.4 Å². The zero-order valence-corrected chi connectivity index (χ0v) is 33.7. The number of amides is 2. The lowest BCUT2D eigenvalue weighted by atomic mass is 10.0. The van der Waals surface area contributed by atoms with Crippen LogP contribution in [0.25, 0.3) is 0 Å². The van der Waals surface area contributed by atoms with E-state index in [-0.39, 0.29) is 25.2 Å². The van der Waals surface area contributed by atoms with Crippen LogP contribution in [0.2, 0.25) is 0 Å². The Kier molecular flexibility index (Phi) is 31.9. The van der Waals surface area contributed by atoms with E-state index in [2.05, 4.69) is 29.4 Å². The number of hydrazone groups is 1. The molecule has 0 radical (unpaired) electrons. The van der Waals surface area contributed by atoms with Crippen LogP contribution in [-0.4, -0.2) is 140 Å². The van der Waals surface area contributed by atoms with E-state index in [4.69, 9.17) is 33.2 Å². The van der Waals surface area contributed by atoms with Crippen LogP contribution in [0.5, 0.6) is 0 Å². The first-order valence-electron chi connectivity index (χ1n) is 19.1. The van der Waals surface area contributed by atoms with E-state index in [1.807, 2.05) is 39.0 Å². The third-order valence-electron chi connectivity index (χ3n) is 7.65. The maximum Gasteiger partial charge on any atom is 0.308 e. The first kappa shape index (κ1) is 50.5. The van der Waals surface area contributed by atoms with Gasteiger partial charge in [-0.1, -0.05) is 38.5 Å². The highest BCUT2D eigenvalue weighted by atomic mass is 16.6. The molecule has 310 valence electrons. The number of unbranched alkanes of at least 4 members (excludes halogenated alkanes) is 1. The van der Waals surface area contributed by atoms with E-state index in [0.29, 0.717) is 110 Å². The van der Waals surface area contributed by atoms with Gasteiger partial charge in [0.25, 0.3) is 5.91 Å². The number of aldehydes is 1. The van der Waals surface area contributed by atoms with Gasteiger partial charge in [-0.05, 0) is 52.5 Å². The van der Waals surface area contributed by atoms with Gasteiger partial charge in [0.2, 0.25) is 5.91 Å². The maximum atomic E-state index is 13.7. The molecule has 0 bridgehead atoms. The fourth-order valence-electron chi connectivity index (χ4n) is 4.31. The molecular weight excluding hydrogens is 700 g/mol. The lowest BCUT2D eigenvalue weighted by molar-refractivity contribution is -0.158. The number of allylic oxidation sites excluding steroid dienone is 3. The Hall–Kier alpha value is -3.47. The molecule has 0 fully saturated rings. The molecule has 0 saturated heterocycles. The second-order valence-corrected chi connectivity index (χ2v) is 12.5. The molecule has 0 heterocycles. The highest BCUT2D eigenvalue weighted by Crippen LogP contribution is 2.18. The summed E-state index contributed by atoms with van der Waals surface area (Å²) in [5.41, 5.74) is 0.517. The molecule has 1 unspecified atom stereocenters. The normalized spacial score (nSPS) is 12.8. The van der Waals surface area contributed by atoms with Crippen molar-refractivity contribution in [2.24, 2.45) is 5.10 Å². The number of rotatable bonds is 36. The molecule has 0 aliphatic heterocycles. The largest absolute Gasteiger partial charge is 0.460 e. The smallest absolute Gasteiger partial charge is 0.308 e. The molecule has 2 amide bonds. The van der Waals surface area contributed by atoms with Gasteiger partial charge in [-0.15, -0.1) is 0 Å². The molecule has 0 aromatic carbocycles. The van der Waals surface area contributed by atoms with Crippen LogP contribution < -0.4 is 10.6 Å². The SMILES string of the molecule is C=NN(C(=O)C(=C\NCCOCCOCCOCCOCCOCCOCCC(=O)OC(C)(C)CC)/C(C)=C\C=C/CCC)C(CCC=O)C(=O)NCC. The summed E-state index contributed by atoms with van der Waals surface area (Å²) in [4.78, 5) is 49.3. The molecular formula is C39H68N4O11. The van der Waals surface area contributed by atoms with E-state index in [0.717, 1.165) is 24.3 Å². The van der Waals surface area contributed by atoms with Crippen LogP contribution in [0.3, 0.4) is 0 Å². The molecule has 0 aromatic rings. The average Bonchev–Trinajstić information content (AvgIpc) is 3.15. The van der Waals surface area contributed by atoms with Gasteiger partial charge >= 0.3 is 5.97 Å². The number of nitrogens with one attached hydrogen (secondary N) is 2. The maximum absolute atomic E-state index is 13.7. The first-order valence-corrected chi connectivity index (χ1v) is 19.1. The molecule has 0 aliphatic carbocycles. The van der Waals surface area contributed by atoms with Crippen LogP contribution >= 0.6 is 0 Å². The summed E-state index contributed by atoms with van der Waals surface area (Å²) in [5, 5.41) is 10.7. The molecule has 0 spiro atoms. The molecule has 0 rings (SSSR count). The highest BCUT2D eigenvalue weighted by Gasteiger charge is 2.31. The minimum atomic E-state index is -0.979. The van der Waals surface area contributed by atoms with E-state index in [1.54, 1.807) is 20.0 Å². The van der Waals surface area contributed by atoms with E-state index in [1.165, 1.54) is 0 Å². The lowest BCUT2D eigenvalue weighted by Crippen LogP contribution is -2.47. The molecule has 0 aliphatic rings. The Morgan fingerprint density at radius 1 is 0.815 bits per heavy atom. The summed E-state index contributed by atoms with van der Waals surface area (Å²) < 4.78 is 38.4. The zero-order valence-electron chi connectivity index (χ0n) is 33.7.